The SMILES string of the molecule is CN(Cc1cc(CF)cc(C(F)(F)F)c1)C(=O)CC(c1ccccc1)c1ccccc1. The third-order valence-electron chi connectivity index (χ3n) is 5.16. The lowest BCUT2D eigenvalue weighted by atomic mass is 9.88. The van der Waals surface area contributed by atoms with E-state index in [-0.39, 0.29) is 35.9 Å². The third-order valence-corrected chi connectivity index (χ3v) is 5.16. The van der Waals surface area contributed by atoms with E-state index in [0.29, 0.717) is 0 Å². The first kappa shape index (κ1) is 22.5. The van der Waals surface area contributed by atoms with Crippen LogP contribution in [-0.4, -0.2) is 17.9 Å². The van der Waals surface area contributed by atoms with Crippen LogP contribution in [0.4, 0.5) is 17.6 Å². The van der Waals surface area contributed by atoms with Crippen LogP contribution in [0.15, 0.2) is 78.9 Å². The summed E-state index contributed by atoms with van der Waals surface area (Å²) in [7, 11) is 1.55. The number of halogens is 4. The number of nitrogens with zero attached hydrogens (tertiary/aromatic N) is 1. The molecule has 0 radical (unpaired) electrons. The van der Waals surface area contributed by atoms with Crippen LogP contribution in [0.2, 0.25) is 0 Å². The first-order valence-electron chi connectivity index (χ1n) is 9.88. The summed E-state index contributed by atoms with van der Waals surface area (Å²) < 4.78 is 52.4. The van der Waals surface area contributed by atoms with Gasteiger partial charge in [-0.3, -0.25) is 4.79 Å². The maximum Gasteiger partial charge on any atom is 0.416 e. The summed E-state index contributed by atoms with van der Waals surface area (Å²) in [6.45, 7) is -1.04. The van der Waals surface area contributed by atoms with E-state index in [4.69, 9.17) is 0 Å². The van der Waals surface area contributed by atoms with Crippen molar-refractivity contribution < 1.29 is 22.4 Å². The Morgan fingerprint density at radius 3 is 1.87 bits per heavy atom. The van der Waals surface area contributed by atoms with Crippen molar-refractivity contribution >= 4 is 5.91 Å². The van der Waals surface area contributed by atoms with Crippen molar-refractivity contribution in [1.82, 2.24) is 4.90 Å². The van der Waals surface area contributed by atoms with E-state index >= 15 is 0 Å². The minimum absolute atomic E-state index is 0.0357. The maximum atomic E-state index is 13.1. The van der Waals surface area contributed by atoms with Crippen LogP contribution in [-0.2, 0) is 24.2 Å². The first-order chi connectivity index (χ1) is 14.8. The Hall–Kier alpha value is -3.15. The van der Waals surface area contributed by atoms with Gasteiger partial charge in [-0.25, -0.2) is 4.39 Å². The van der Waals surface area contributed by atoms with E-state index in [0.717, 1.165) is 23.3 Å². The van der Waals surface area contributed by atoms with Crippen molar-refractivity contribution in [2.75, 3.05) is 7.05 Å². The molecule has 0 atom stereocenters. The Kier molecular flexibility index (Phi) is 7.10. The van der Waals surface area contributed by atoms with Gasteiger partial charge in [-0.1, -0.05) is 66.7 Å². The Bertz CT molecular complexity index is 964. The van der Waals surface area contributed by atoms with Crippen LogP contribution < -0.4 is 0 Å². The average molecular weight is 429 g/mol. The van der Waals surface area contributed by atoms with Crippen LogP contribution in [0, 0.1) is 0 Å². The molecule has 31 heavy (non-hydrogen) atoms. The summed E-state index contributed by atoms with van der Waals surface area (Å²) in [6.07, 6.45) is -4.41. The van der Waals surface area contributed by atoms with Crippen LogP contribution in [0.1, 0.15) is 40.2 Å². The zero-order chi connectivity index (χ0) is 22.4. The molecule has 0 unspecified atom stereocenters. The molecular weight excluding hydrogens is 406 g/mol. The predicted octanol–water partition coefficient (Wildman–Crippen LogP) is 6.36. The van der Waals surface area contributed by atoms with Crippen molar-refractivity contribution in [3.05, 3.63) is 107 Å². The second kappa shape index (κ2) is 9.77. The Morgan fingerprint density at radius 1 is 0.871 bits per heavy atom. The minimum Gasteiger partial charge on any atom is -0.341 e. The molecule has 0 heterocycles. The Morgan fingerprint density at radius 2 is 1.39 bits per heavy atom. The second-order valence-corrected chi connectivity index (χ2v) is 7.50. The molecule has 6 heteroatoms. The molecule has 0 saturated heterocycles. The molecule has 0 bridgehead atoms. The Balaban J connectivity index is 1.80. The Labute approximate surface area is 179 Å². The third kappa shape index (κ3) is 5.94. The second-order valence-electron chi connectivity index (χ2n) is 7.50. The van der Waals surface area contributed by atoms with Gasteiger partial charge < -0.3 is 4.90 Å². The van der Waals surface area contributed by atoms with E-state index in [1.165, 1.54) is 11.0 Å². The van der Waals surface area contributed by atoms with Gasteiger partial charge in [-0.15, -0.1) is 0 Å². The summed E-state index contributed by atoms with van der Waals surface area (Å²) in [4.78, 5) is 14.4. The van der Waals surface area contributed by atoms with Gasteiger partial charge in [0.05, 0.1) is 5.56 Å². The molecule has 0 fully saturated rings. The van der Waals surface area contributed by atoms with E-state index in [1.807, 2.05) is 60.7 Å². The van der Waals surface area contributed by atoms with Gasteiger partial charge in [0.2, 0.25) is 5.91 Å². The molecule has 0 aromatic heterocycles. The summed E-state index contributed by atoms with van der Waals surface area (Å²) >= 11 is 0. The quantitative estimate of drug-likeness (QED) is 0.401. The topological polar surface area (TPSA) is 20.3 Å². The smallest absolute Gasteiger partial charge is 0.341 e. The highest BCUT2D eigenvalue weighted by atomic mass is 19.4. The summed E-state index contributed by atoms with van der Waals surface area (Å²) in [5.41, 5.74) is 1.24. The highest BCUT2D eigenvalue weighted by Gasteiger charge is 2.31. The molecule has 0 saturated carbocycles. The minimum atomic E-state index is -4.58. The summed E-state index contributed by atoms with van der Waals surface area (Å²) in [5.74, 6) is -0.392. The van der Waals surface area contributed by atoms with Gasteiger partial charge >= 0.3 is 6.18 Å². The van der Waals surface area contributed by atoms with E-state index < -0.39 is 18.4 Å². The first-order valence-corrected chi connectivity index (χ1v) is 9.88. The van der Waals surface area contributed by atoms with Crippen LogP contribution in [0.5, 0.6) is 0 Å². The lowest BCUT2D eigenvalue weighted by Gasteiger charge is -2.23. The van der Waals surface area contributed by atoms with E-state index in [2.05, 4.69) is 0 Å². The molecule has 3 aromatic rings. The number of carbonyl (C=O) groups excluding carboxylic acids is 1. The van der Waals surface area contributed by atoms with Gasteiger partial charge in [0, 0.05) is 25.9 Å². The summed E-state index contributed by atoms with van der Waals surface area (Å²) in [6, 6.07) is 22.3. The highest BCUT2D eigenvalue weighted by Crippen LogP contribution is 2.32. The number of amides is 1. The fraction of sp³-hybridized carbons (Fsp3) is 0.240. The van der Waals surface area contributed by atoms with Crippen LogP contribution >= 0.6 is 0 Å². The number of rotatable bonds is 7. The fourth-order valence-electron chi connectivity index (χ4n) is 3.59. The molecule has 0 aliphatic carbocycles. The van der Waals surface area contributed by atoms with Gasteiger partial charge in [-0.05, 0) is 34.4 Å². The highest BCUT2D eigenvalue weighted by molar-refractivity contribution is 5.77. The number of alkyl halides is 4. The molecule has 1 amide bonds. The zero-order valence-electron chi connectivity index (χ0n) is 17.1. The molecule has 0 spiro atoms. The molecule has 0 aliphatic rings. The van der Waals surface area contributed by atoms with Crippen molar-refractivity contribution in [2.45, 2.75) is 31.7 Å². The van der Waals surface area contributed by atoms with Gasteiger partial charge in [0.25, 0.3) is 0 Å². The molecule has 3 aromatic carbocycles. The molecule has 3 rings (SSSR count). The van der Waals surface area contributed by atoms with Gasteiger partial charge in [0.15, 0.2) is 0 Å². The number of benzene rings is 3. The standard InChI is InChI=1S/C25H23F4NO/c1-30(17-19-12-18(16-26)13-22(14-19)25(27,28)29)24(31)15-23(20-8-4-2-5-9-20)21-10-6-3-7-11-21/h2-14,23H,15-17H2,1H3. The van der Waals surface area contributed by atoms with Crippen molar-refractivity contribution in [2.24, 2.45) is 0 Å². The van der Waals surface area contributed by atoms with Crippen LogP contribution in [0.25, 0.3) is 0 Å². The average Bonchev–Trinajstić information content (AvgIpc) is 2.77. The molecular formula is C25H23F4NO. The monoisotopic (exact) mass is 429 g/mol. The largest absolute Gasteiger partial charge is 0.416 e. The van der Waals surface area contributed by atoms with Crippen molar-refractivity contribution in [3.63, 3.8) is 0 Å². The number of hydrogen-bond acceptors (Lipinski definition) is 1. The molecule has 162 valence electrons. The van der Waals surface area contributed by atoms with Crippen molar-refractivity contribution in [3.8, 4) is 0 Å². The van der Waals surface area contributed by atoms with Gasteiger partial charge in [0.1, 0.15) is 6.67 Å². The number of carbonyl (C=O) groups is 1. The van der Waals surface area contributed by atoms with Crippen molar-refractivity contribution in [1.29, 1.82) is 0 Å². The lowest BCUT2D eigenvalue weighted by Crippen LogP contribution is -2.28. The molecule has 0 aliphatic heterocycles. The number of hydrogen-bond donors (Lipinski definition) is 0. The van der Waals surface area contributed by atoms with Crippen LogP contribution in [0.3, 0.4) is 0 Å². The molecule has 2 nitrogen and oxygen atoms in total. The maximum absolute atomic E-state index is 13.1. The van der Waals surface area contributed by atoms with Gasteiger partial charge in [-0.2, -0.15) is 13.2 Å². The zero-order valence-corrected chi connectivity index (χ0v) is 17.1. The fourth-order valence-corrected chi connectivity index (χ4v) is 3.59. The molecule has 0 N–H and O–H groups in total. The van der Waals surface area contributed by atoms with E-state index in [9.17, 15) is 22.4 Å². The normalized spacial score (nSPS) is 11.5. The van der Waals surface area contributed by atoms with E-state index in [1.54, 1.807) is 7.05 Å². The summed E-state index contributed by atoms with van der Waals surface area (Å²) in [5, 5.41) is 0. The lowest BCUT2D eigenvalue weighted by molar-refractivity contribution is -0.137. The predicted molar refractivity (Wildman–Crippen MR) is 112 cm³/mol.